The number of morpholine rings is 1. The molecule has 2 saturated carbocycles. The topological polar surface area (TPSA) is 42.0 Å². The molecule has 1 aromatic rings. The molecule has 2 aliphatic carbocycles. The average Bonchev–Trinajstić information content (AvgIpc) is 3.55. The van der Waals surface area contributed by atoms with Crippen molar-refractivity contribution in [3.05, 3.63) is 29.8 Å². The summed E-state index contributed by atoms with van der Waals surface area (Å²) >= 11 is 0. The van der Waals surface area contributed by atoms with E-state index >= 15 is 0 Å². The molecule has 5 rings (SSSR count). The zero-order valence-corrected chi connectivity index (χ0v) is 16.1. The van der Waals surface area contributed by atoms with Gasteiger partial charge in [0.05, 0.1) is 19.8 Å². The molecule has 27 heavy (non-hydrogen) atoms. The smallest absolute Gasteiger partial charge is 0.226 e. The first-order valence-corrected chi connectivity index (χ1v) is 10.6. The average molecular weight is 370 g/mol. The summed E-state index contributed by atoms with van der Waals surface area (Å²) in [4.78, 5) is 17.6. The van der Waals surface area contributed by atoms with Crippen LogP contribution in [0.3, 0.4) is 0 Å². The van der Waals surface area contributed by atoms with E-state index in [1.807, 2.05) is 6.07 Å². The SMILES string of the molecule is O=C(C1CC1)N1Cc2ccccc2OC2(CCC(N3CCOCC3)CC2)C1. The Hall–Kier alpha value is -1.59. The molecule has 5 nitrogen and oxygen atoms in total. The molecular formula is C22H30N2O3. The lowest BCUT2D eigenvalue weighted by Gasteiger charge is -2.45. The van der Waals surface area contributed by atoms with Gasteiger partial charge in [-0.1, -0.05) is 18.2 Å². The summed E-state index contributed by atoms with van der Waals surface area (Å²) in [6, 6.07) is 8.92. The number of nitrogens with zero attached hydrogens (tertiary/aromatic N) is 2. The largest absolute Gasteiger partial charge is 0.485 e. The minimum atomic E-state index is -0.222. The number of hydrogen-bond donors (Lipinski definition) is 0. The molecule has 2 aliphatic heterocycles. The van der Waals surface area contributed by atoms with E-state index in [-0.39, 0.29) is 11.5 Å². The molecule has 0 N–H and O–H groups in total. The third-order valence-corrected chi connectivity index (χ3v) is 6.81. The predicted octanol–water partition coefficient (Wildman–Crippen LogP) is 2.83. The molecule has 0 bridgehead atoms. The van der Waals surface area contributed by atoms with Crippen molar-refractivity contribution in [2.24, 2.45) is 5.92 Å². The van der Waals surface area contributed by atoms with Gasteiger partial charge in [-0.2, -0.15) is 0 Å². The highest BCUT2D eigenvalue weighted by Gasteiger charge is 2.45. The highest BCUT2D eigenvalue weighted by molar-refractivity contribution is 5.81. The monoisotopic (exact) mass is 370 g/mol. The summed E-state index contributed by atoms with van der Waals surface area (Å²) in [5.74, 6) is 1.58. The van der Waals surface area contributed by atoms with Gasteiger partial charge in [-0.3, -0.25) is 9.69 Å². The third-order valence-electron chi connectivity index (χ3n) is 6.81. The first kappa shape index (κ1) is 17.5. The van der Waals surface area contributed by atoms with Gasteiger partial charge in [0, 0.05) is 37.2 Å². The lowest BCUT2D eigenvalue weighted by Crippen LogP contribution is -2.53. The van der Waals surface area contributed by atoms with Crippen LogP contribution in [0.25, 0.3) is 0 Å². The molecule has 3 fully saturated rings. The van der Waals surface area contributed by atoms with E-state index in [1.165, 1.54) is 0 Å². The van der Waals surface area contributed by atoms with Crippen LogP contribution in [0.5, 0.6) is 5.75 Å². The normalized spacial score (nSPS) is 31.9. The van der Waals surface area contributed by atoms with E-state index in [0.717, 1.165) is 82.7 Å². The zero-order valence-electron chi connectivity index (χ0n) is 16.1. The molecule has 2 heterocycles. The highest BCUT2D eigenvalue weighted by Crippen LogP contribution is 2.41. The lowest BCUT2D eigenvalue weighted by atomic mass is 9.80. The van der Waals surface area contributed by atoms with E-state index in [9.17, 15) is 4.79 Å². The maximum Gasteiger partial charge on any atom is 0.226 e. The highest BCUT2D eigenvalue weighted by atomic mass is 16.5. The Morgan fingerprint density at radius 1 is 1.04 bits per heavy atom. The van der Waals surface area contributed by atoms with Gasteiger partial charge >= 0.3 is 0 Å². The van der Waals surface area contributed by atoms with Crippen LogP contribution in [0.4, 0.5) is 0 Å². The van der Waals surface area contributed by atoms with Crippen molar-refractivity contribution in [3.63, 3.8) is 0 Å². The predicted molar refractivity (Wildman–Crippen MR) is 103 cm³/mol. The number of fused-ring (bicyclic) bond motifs is 1. The summed E-state index contributed by atoms with van der Waals surface area (Å²) in [5, 5.41) is 0. The van der Waals surface area contributed by atoms with Gasteiger partial charge < -0.3 is 14.4 Å². The van der Waals surface area contributed by atoms with Crippen molar-refractivity contribution in [3.8, 4) is 5.75 Å². The number of hydrogen-bond acceptors (Lipinski definition) is 4. The molecule has 0 radical (unpaired) electrons. The molecule has 1 saturated heterocycles. The number of rotatable bonds is 2. The van der Waals surface area contributed by atoms with Crippen LogP contribution in [0, 0.1) is 5.92 Å². The Kier molecular flexibility index (Phi) is 4.60. The summed E-state index contributed by atoms with van der Waals surface area (Å²) < 4.78 is 12.2. The molecule has 1 aromatic carbocycles. The summed E-state index contributed by atoms with van der Waals surface area (Å²) in [7, 11) is 0. The molecular weight excluding hydrogens is 340 g/mol. The van der Waals surface area contributed by atoms with Gasteiger partial charge in [0.15, 0.2) is 0 Å². The van der Waals surface area contributed by atoms with Crippen molar-refractivity contribution in [1.82, 2.24) is 9.80 Å². The summed E-state index contributed by atoms with van der Waals surface area (Å²) in [5.41, 5.74) is 0.929. The quantitative estimate of drug-likeness (QED) is 0.803. The minimum Gasteiger partial charge on any atom is -0.485 e. The molecule has 5 heteroatoms. The molecule has 0 unspecified atom stereocenters. The number of ether oxygens (including phenoxy) is 2. The Morgan fingerprint density at radius 3 is 2.52 bits per heavy atom. The standard InChI is InChI=1S/C22H30N2O3/c25-21(17-5-6-17)24-15-18-3-1-2-4-20(18)27-22(16-24)9-7-19(8-10-22)23-11-13-26-14-12-23/h1-4,17,19H,5-16H2. The number of benzene rings is 1. The fraction of sp³-hybridized carbons (Fsp3) is 0.682. The van der Waals surface area contributed by atoms with Gasteiger partial charge in [-0.15, -0.1) is 0 Å². The van der Waals surface area contributed by atoms with Gasteiger partial charge in [-0.05, 0) is 44.6 Å². The first-order valence-electron chi connectivity index (χ1n) is 10.6. The second-order valence-corrected chi connectivity index (χ2v) is 8.74. The number of para-hydroxylation sites is 1. The van der Waals surface area contributed by atoms with Gasteiger partial charge in [0.2, 0.25) is 5.91 Å². The van der Waals surface area contributed by atoms with Crippen LogP contribution < -0.4 is 4.74 Å². The van der Waals surface area contributed by atoms with Gasteiger partial charge in [0.25, 0.3) is 0 Å². The zero-order chi connectivity index (χ0) is 18.3. The van der Waals surface area contributed by atoms with Gasteiger partial charge in [0.1, 0.15) is 11.4 Å². The van der Waals surface area contributed by atoms with Crippen LogP contribution in [0.15, 0.2) is 24.3 Å². The Morgan fingerprint density at radius 2 is 1.78 bits per heavy atom. The maximum absolute atomic E-state index is 12.9. The molecule has 0 aromatic heterocycles. The first-order chi connectivity index (χ1) is 13.2. The number of carbonyl (C=O) groups is 1. The van der Waals surface area contributed by atoms with E-state index in [0.29, 0.717) is 18.5 Å². The number of carbonyl (C=O) groups excluding carboxylic acids is 1. The second kappa shape index (κ2) is 7.10. The van der Waals surface area contributed by atoms with Gasteiger partial charge in [-0.25, -0.2) is 0 Å². The molecule has 146 valence electrons. The van der Waals surface area contributed by atoms with Crippen molar-refractivity contribution >= 4 is 5.91 Å². The van der Waals surface area contributed by atoms with Crippen LogP contribution in [0.1, 0.15) is 44.1 Å². The third kappa shape index (κ3) is 3.59. The van der Waals surface area contributed by atoms with E-state index in [1.54, 1.807) is 0 Å². The maximum atomic E-state index is 12.9. The Bertz CT molecular complexity index is 689. The number of amides is 1. The molecule has 4 aliphatic rings. The summed E-state index contributed by atoms with van der Waals surface area (Å²) in [6.45, 7) is 5.25. The van der Waals surface area contributed by atoms with Crippen molar-refractivity contribution in [2.75, 3.05) is 32.8 Å². The van der Waals surface area contributed by atoms with Crippen molar-refractivity contribution in [2.45, 2.75) is 56.7 Å². The molecule has 1 spiro atoms. The lowest BCUT2D eigenvalue weighted by molar-refractivity contribution is -0.136. The van der Waals surface area contributed by atoms with Crippen LogP contribution in [-0.4, -0.2) is 60.2 Å². The Labute approximate surface area is 161 Å². The van der Waals surface area contributed by atoms with Crippen LogP contribution in [-0.2, 0) is 16.1 Å². The molecule has 0 atom stereocenters. The van der Waals surface area contributed by atoms with E-state index in [2.05, 4.69) is 28.0 Å². The fourth-order valence-corrected chi connectivity index (χ4v) is 5.05. The van der Waals surface area contributed by atoms with Crippen molar-refractivity contribution in [1.29, 1.82) is 0 Å². The minimum absolute atomic E-state index is 0.222. The summed E-state index contributed by atoms with van der Waals surface area (Å²) in [6.07, 6.45) is 6.46. The van der Waals surface area contributed by atoms with Crippen molar-refractivity contribution < 1.29 is 14.3 Å². The van der Waals surface area contributed by atoms with Crippen LogP contribution >= 0.6 is 0 Å². The second-order valence-electron chi connectivity index (χ2n) is 8.74. The Balaban J connectivity index is 1.35. The van der Waals surface area contributed by atoms with Crippen LogP contribution in [0.2, 0.25) is 0 Å². The fourth-order valence-electron chi connectivity index (χ4n) is 5.05. The van der Waals surface area contributed by atoms with E-state index in [4.69, 9.17) is 9.47 Å². The molecule has 1 amide bonds. The van der Waals surface area contributed by atoms with E-state index < -0.39 is 0 Å².